The number of sulfonamides is 1. The molecule has 0 fully saturated rings. The Morgan fingerprint density at radius 1 is 1.00 bits per heavy atom. The number of rotatable bonds is 6. The Hall–Kier alpha value is -2.83. The fourth-order valence-corrected chi connectivity index (χ4v) is 4.17. The minimum absolute atomic E-state index is 0.168. The first-order chi connectivity index (χ1) is 13.8. The van der Waals surface area contributed by atoms with Crippen molar-refractivity contribution in [2.24, 2.45) is 0 Å². The van der Waals surface area contributed by atoms with Gasteiger partial charge >= 0.3 is 0 Å². The lowest BCUT2D eigenvalue weighted by molar-refractivity contribution is -0.115. The molecule has 150 valence electrons. The summed E-state index contributed by atoms with van der Waals surface area (Å²) in [6.45, 7) is 1.90. The summed E-state index contributed by atoms with van der Waals surface area (Å²) in [5, 5.41) is 3.34. The van der Waals surface area contributed by atoms with Gasteiger partial charge in [-0.15, -0.1) is 0 Å². The van der Waals surface area contributed by atoms with Gasteiger partial charge in [-0.2, -0.15) is 0 Å². The van der Waals surface area contributed by atoms with Crippen molar-refractivity contribution in [3.05, 3.63) is 88.9 Å². The van der Waals surface area contributed by atoms with E-state index >= 15 is 0 Å². The fraction of sp³-hybridized carbons (Fsp3) is 0.136. The molecule has 0 unspecified atom stereocenters. The highest BCUT2D eigenvalue weighted by molar-refractivity contribution is 7.92. The van der Waals surface area contributed by atoms with Gasteiger partial charge in [0.25, 0.3) is 10.0 Å². The Kier molecular flexibility index (Phi) is 6.25. The van der Waals surface area contributed by atoms with E-state index in [1.807, 2.05) is 6.92 Å². The molecule has 5 nitrogen and oxygen atoms in total. The lowest BCUT2D eigenvalue weighted by Gasteiger charge is -2.20. The summed E-state index contributed by atoms with van der Waals surface area (Å²) >= 11 is 5.92. The molecule has 0 aliphatic heterocycles. The summed E-state index contributed by atoms with van der Waals surface area (Å²) in [5.74, 6) is -0.180. The zero-order valence-corrected chi connectivity index (χ0v) is 17.7. The highest BCUT2D eigenvalue weighted by Crippen LogP contribution is 2.23. The van der Waals surface area contributed by atoms with Gasteiger partial charge in [-0.1, -0.05) is 47.5 Å². The topological polar surface area (TPSA) is 66.5 Å². The van der Waals surface area contributed by atoms with Crippen LogP contribution in [-0.4, -0.2) is 21.4 Å². The van der Waals surface area contributed by atoms with Gasteiger partial charge in [0.2, 0.25) is 5.91 Å². The number of benzene rings is 3. The lowest BCUT2D eigenvalue weighted by Crippen LogP contribution is -2.26. The van der Waals surface area contributed by atoms with Crippen LogP contribution in [0.5, 0.6) is 0 Å². The minimum Gasteiger partial charge on any atom is -0.326 e. The minimum atomic E-state index is -3.65. The molecule has 7 heteroatoms. The zero-order valence-electron chi connectivity index (χ0n) is 16.1. The summed E-state index contributed by atoms with van der Waals surface area (Å²) in [6, 6.07) is 20.5. The van der Waals surface area contributed by atoms with Gasteiger partial charge in [0.1, 0.15) is 0 Å². The quantitative estimate of drug-likeness (QED) is 0.621. The zero-order chi connectivity index (χ0) is 21.0. The summed E-state index contributed by atoms with van der Waals surface area (Å²) in [5.41, 5.74) is 2.91. The molecule has 0 saturated heterocycles. The first-order valence-electron chi connectivity index (χ1n) is 8.96. The standard InChI is InChI=1S/C22H21ClN2O3S/c1-16-6-12-21(13-7-16)29(27,28)25(2)20-10-8-17(9-11-20)14-22(26)24-19-5-3-4-18(23)15-19/h3-13,15H,14H2,1-2H3,(H,24,26). The molecule has 29 heavy (non-hydrogen) atoms. The number of halogens is 1. The molecule has 0 radical (unpaired) electrons. The number of nitrogens with zero attached hydrogens (tertiary/aromatic N) is 1. The van der Waals surface area contributed by atoms with Crippen LogP contribution >= 0.6 is 11.6 Å². The predicted molar refractivity (Wildman–Crippen MR) is 117 cm³/mol. The van der Waals surface area contributed by atoms with Crippen molar-refractivity contribution in [2.75, 3.05) is 16.7 Å². The molecule has 3 rings (SSSR count). The molecule has 1 N–H and O–H groups in total. The van der Waals surface area contributed by atoms with Crippen LogP contribution in [0.4, 0.5) is 11.4 Å². The molecule has 0 aromatic heterocycles. The number of carbonyl (C=O) groups excluding carboxylic acids is 1. The third-order valence-corrected chi connectivity index (χ3v) is 6.49. The van der Waals surface area contributed by atoms with E-state index in [2.05, 4.69) is 5.32 Å². The second kappa shape index (κ2) is 8.68. The maximum Gasteiger partial charge on any atom is 0.264 e. The van der Waals surface area contributed by atoms with E-state index in [1.165, 1.54) is 11.4 Å². The molecular weight excluding hydrogens is 408 g/mol. The molecule has 0 aliphatic carbocycles. The van der Waals surface area contributed by atoms with Crippen molar-refractivity contribution in [3.8, 4) is 0 Å². The van der Waals surface area contributed by atoms with Gasteiger partial charge in [0.05, 0.1) is 17.0 Å². The van der Waals surface area contributed by atoms with Crippen molar-refractivity contribution in [3.63, 3.8) is 0 Å². The number of hydrogen-bond donors (Lipinski definition) is 1. The van der Waals surface area contributed by atoms with Crippen molar-refractivity contribution < 1.29 is 13.2 Å². The maximum atomic E-state index is 12.8. The number of amides is 1. The van der Waals surface area contributed by atoms with Crippen LogP contribution in [-0.2, 0) is 21.2 Å². The first kappa shape index (κ1) is 20.9. The Morgan fingerprint density at radius 2 is 1.66 bits per heavy atom. The SMILES string of the molecule is Cc1ccc(S(=O)(=O)N(C)c2ccc(CC(=O)Nc3cccc(Cl)c3)cc2)cc1. The smallest absolute Gasteiger partial charge is 0.264 e. The molecule has 3 aromatic rings. The van der Waals surface area contributed by atoms with Crippen molar-refractivity contribution in [1.82, 2.24) is 0 Å². The van der Waals surface area contributed by atoms with E-state index in [-0.39, 0.29) is 17.2 Å². The molecular formula is C22H21ClN2O3S. The van der Waals surface area contributed by atoms with Crippen LogP contribution in [0.2, 0.25) is 5.02 Å². The van der Waals surface area contributed by atoms with Crippen LogP contribution < -0.4 is 9.62 Å². The van der Waals surface area contributed by atoms with E-state index in [0.717, 1.165) is 11.1 Å². The lowest BCUT2D eigenvalue weighted by atomic mass is 10.1. The van der Waals surface area contributed by atoms with Crippen molar-refractivity contribution in [2.45, 2.75) is 18.2 Å². The molecule has 1 amide bonds. The average molecular weight is 429 g/mol. The molecule has 0 saturated carbocycles. The van der Waals surface area contributed by atoms with Crippen molar-refractivity contribution in [1.29, 1.82) is 0 Å². The summed E-state index contributed by atoms with van der Waals surface area (Å²) in [6.07, 6.45) is 0.168. The van der Waals surface area contributed by atoms with E-state index in [4.69, 9.17) is 11.6 Å². The van der Waals surface area contributed by atoms with E-state index in [1.54, 1.807) is 72.8 Å². The van der Waals surface area contributed by atoms with Gasteiger partial charge in [0.15, 0.2) is 0 Å². The van der Waals surface area contributed by atoms with Gasteiger partial charge < -0.3 is 5.32 Å². The van der Waals surface area contributed by atoms with Crippen LogP contribution in [0.25, 0.3) is 0 Å². The van der Waals surface area contributed by atoms with Gasteiger partial charge in [0, 0.05) is 17.8 Å². The number of carbonyl (C=O) groups is 1. The number of nitrogens with one attached hydrogen (secondary N) is 1. The summed E-state index contributed by atoms with van der Waals surface area (Å²) in [7, 11) is -2.14. The van der Waals surface area contributed by atoms with Crippen LogP contribution in [0.1, 0.15) is 11.1 Å². The normalized spacial score (nSPS) is 11.1. The molecule has 0 spiro atoms. The molecule has 0 heterocycles. The third-order valence-electron chi connectivity index (χ3n) is 4.45. The monoisotopic (exact) mass is 428 g/mol. The van der Waals surface area contributed by atoms with Crippen LogP contribution in [0.3, 0.4) is 0 Å². The highest BCUT2D eigenvalue weighted by Gasteiger charge is 2.21. The second-order valence-corrected chi connectivity index (χ2v) is 9.09. The molecule has 0 atom stereocenters. The largest absolute Gasteiger partial charge is 0.326 e. The second-order valence-electron chi connectivity index (χ2n) is 6.69. The van der Waals surface area contributed by atoms with Gasteiger partial charge in [-0.3, -0.25) is 9.10 Å². The Morgan fingerprint density at radius 3 is 2.28 bits per heavy atom. The third kappa shape index (κ3) is 5.16. The van der Waals surface area contributed by atoms with E-state index in [0.29, 0.717) is 16.4 Å². The Balaban J connectivity index is 1.69. The van der Waals surface area contributed by atoms with Crippen molar-refractivity contribution >= 4 is 38.9 Å². The van der Waals surface area contributed by atoms with Crippen LogP contribution in [0, 0.1) is 6.92 Å². The van der Waals surface area contributed by atoms with E-state index < -0.39 is 10.0 Å². The van der Waals surface area contributed by atoms with E-state index in [9.17, 15) is 13.2 Å². The molecule has 3 aromatic carbocycles. The Labute approximate surface area is 176 Å². The van der Waals surface area contributed by atoms with Gasteiger partial charge in [-0.25, -0.2) is 8.42 Å². The first-order valence-corrected chi connectivity index (χ1v) is 10.8. The fourth-order valence-electron chi connectivity index (χ4n) is 2.79. The number of anilines is 2. The Bertz CT molecular complexity index is 1110. The average Bonchev–Trinajstić information content (AvgIpc) is 2.68. The van der Waals surface area contributed by atoms with Crippen LogP contribution in [0.15, 0.2) is 77.7 Å². The summed E-state index contributed by atoms with van der Waals surface area (Å²) < 4.78 is 26.8. The molecule has 0 aliphatic rings. The predicted octanol–water partition coefficient (Wildman–Crippen LogP) is 4.65. The maximum absolute atomic E-state index is 12.8. The van der Waals surface area contributed by atoms with Gasteiger partial charge in [-0.05, 0) is 55.0 Å². The number of aryl methyl sites for hydroxylation is 1. The molecule has 0 bridgehead atoms. The summed E-state index contributed by atoms with van der Waals surface area (Å²) in [4.78, 5) is 12.5. The number of hydrogen-bond acceptors (Lipinski definition) is 3. The highest BCUT2D eigenvalue weighted by atomic mass is 35.5.